The summed E-state index contributed by atoms with van der Waals surface area (Å²) < 4.78 is 118. The molecular formula is C11H6F9NO4. The van der Waals surface area contributed by atoms with Crippen molar-refractivity contribution in [3.05, 3.63) is 29.5 Å². The number of ether oxygens (including phenoxy) is 1. The van der Waals surface area contributed by atoms with Crippen LogP contribution in [0.3, 0.4) is 0 Å². The number of quaternary nitrogens is 1. The molecule has 0 aromatic heterocycles. The highest BCUT2D eigenvalue weighted by Crippen LogP contribution is 2.59. The van der Waals surface area contributed by atoms with E-state index < -0.39 is 46.6 Å². The summed E-state index contributed by atoms with van der Waals surface area (Å²) in [7, 11) is 0. The lowest BCUT2D eigenvalue weighted by Gasteiger charge is -2.35. The van der Waals surface area contributed by atoms with Crippen LogP contribution in [0.4, 0.5) is 45.2 Å². The van der Waals surface area contributed by atoms with E-state index in [0.29, 0.717) is 24.3 Å². The van der Waals surface area contributed by atoms with Gasteiger partial charge in [0.1, 0.15) is 5.75 Å². The number of esters is 1. The Hall–Kier alpha value is -2.06. The zero-order valence-corrected chi connectivity index (χ0v) is 11.4. The van der Waals surface area contributed by atoms with E-state index in [2.05, 4.69) is 4.74 Å². The summed E-state index contributed by atoms with van der Waals surface area (Å²) in [6.45, 7) is 0. The second-order valence-electron chi connectivity index (χ2n) is 4.46. The van der Waals surface area contributed by atoms with Gasteiger partial charge in [-0.05, 0) is 12.1 Å². The minimum atomic E-state index is -7.10. The number of benzene rings is 1. The van der Waals surface area contributed by atoms with Crippen LogP contribution < -0.4 is 9.96 Å². The highest BCUT2D eigenvalue weighted by Gasteiger charge is 2.89. The van der Waals surface area contributed by atoms with Crippen molar-refractivity contribution in [1.29, 1.82) is 0 Å². The van der Waals surface area contributed by atoms with Gasteiger partial charge < -0.3 is 9.94 Å². The summed E-state index contributed by atoms with van der Waals surface area (Å²) >= 11 is 0. The summed E-state index contributed by atoms with van der Waals surface area (Å²) in [5, 5.41) is 17.5. The first kappa shape index (κ1) is 21.0. The van der Waals surface area contributed by atoms with E-state index in [1.54, 1.807) is 0 Å². The SMILES string of the molecule is O=C(Oc1ccc([NH+]([O-])O)cc1)C(C(F)(F)F)(C(F)(F)F)C(F)(F)F. The number of halogens is 9. The van der Waals surface area contributed by atoms with Gasteiger partial charge in [0.25, 0.3) is 0 Å². The molecule has 0 saturated heterocycles. The molecule has 0 amide bonds. The molecule has 2 N–H and O–H groups in total. The molecule has 0 aliphatic carbocycles. The number of nitrogens with one attached hydrogen (secondary N) is 1. The quantitative estimate of drug-likeness (QED) is 0.362. The maximum absolute atomic E-state index is 12.7. The first-order valence-corrected chi connectivity index (χ1v) is 5.81. The Morgan fingerprint density at radius 1 is 0.880 bits per heavy atom. The van der Waals surface area contributed by atoms with Crippen molar-refractivity contribution in [2.45, 2.75) is 18.5 Å². The molecule has 0 fully saturated rings. The van der Waals surface area contributed by atoms with Crippen LogP contribution in [0.1, 0.15) is 0 Å². The average Bonchev–Trinajstić information content (AvgIpc) is 2.33. The number of rotatable bonds is 3. The summed E-state index contributed by atoms with van der Waals surface area (Å²) in [5.41, 5.74) is -7.27. The van der Waals surface area contributed by atoms with Crippen LogP contribution in [0.2, 0.25) is 0 Å². The summed E-state index contributed by atoms with van der Waals surface area (Å²) in [6.07, 6.45) is -21.3. The predicted octanol–water partition coefficient (Wildman–Crippen LogP) is 2.67. The molecule has 1 unspecified atom stereocenters. The van der Waals surface area contributed by atoms with Crippen molar-refractivity contribution in [1.82, 2.24) is 0 Å². The van der Waals surface area contributed by atoms with Gasteiger partial charge in [0.15, 0.2) is 5.69 Å². The molecule has 0 saturated carbocycles. The Balaban J connectivity index is 3.39. The first-order valence-electron chi connectivity index (χ1n) is 5.81. The van der Waals surface area contributed by atoms with Gasteiger partial charge in [0.05, 0.1) is 0 Å². The summed E-state index contributed by atoms with van der Waals surface area (Å²) in [5.74, 6) is -4.81. The van der Waals surface area contributed by atoms with Crippen molar-refractivity contribution < 1.29 is 59.5 Å². The molecule has 142 valence electrons. The predicted molar refractivity (Wildman–Crippen MR) is 58.5 cm³/mol. The Bertz CT molecular complexity index is 582. The van der Waals surface area contributed by atoms with E-state index in [4.69, 9.17) is 5.21 Å². The van der Waals surface area contributed by atoms with Gasteiger partial charge in [0.2, 0.25) is 0 Å². The Kier molecular flexibility index (Phi) is 5.33. The molecule has 0 aliphatic heterocycles. The van der Waals surface area contributed by atoms with Crippen LogP contribution in [0.25, 0.3) is 0 Å². The molecule has 25 heavy (non-hydrogen) atoms. The molecule has 0 aliphatic rings. The molecule has 0 radical (unpaired) electrons. The van der Waals surface area contributed by atoms with E-state index >= 15 is 0 Å². The monoisotopic (exact) mass is 387 g/mol. The van der Waals surface area contributed by atoms with Crippen molar-refractivity contribution in [3.63, 3.8) is 0 Å². The molecular weight excluding hydrogens is 381 g/mol. The van der Waals surface area contributed by atoms with Crippen LogP contribution in [0.15, 0.2) is 24.3 Å². The lowest BCUT2D eigenvalue weighted by atomic mass is 9.85. The van der Waals surface area contributed by atoms with Crippen molar-refractivity contribution >= 4 is 11.7 Å². The van der Waals surface area contributed by atoms with Gasteiger partial charge in [-0.25, -0.2) is 10.0 Å². The maximum Gasteiger partial charge on any atom is 0.423 e. The van der Waals surface area contributed by atoms with Gasteiger partial charge in [-0.3, -0.25) is 0 Å². The first-order chi connectivity index (χ1) is 11.1. The fraction of sp³-hybridized carbons (Fsp3) is 0.364. The highest BCUT2D eigenvalue weighted by molar-refractivity contribution is 5.82. The topological polar surface area (TPSA) is 74.0 Å². The Morgan fingerprint density at radius 2 is 1.24 bits per heavy atom. The second-order valence-corrected chi connectivity index (χ2v) is 4.46. The molecule has 1 aromatic carbocycles. The highest BCUT2D eigenvalue weighted by atomic mass is 19.4. The standard InChI is InChI=1S/C11H6F9NO4/c12-9(13,14)8(10(15,16)17,11(18,19)20)7(22)25-6-3-1-5(2-4-6)21(23)24/h1-4,21,23H. The largest absolute Gasteiger partial charge is 0.595 e. The summed E-state index contributed by atoms with van der Waals surface area (Å²) in [4.78, 5) is 11.3. The van der Waals surface area contributed by atoms with Gasteiger partial charge in [0, 0.05) is 12.1 Å². The number of carbonyl (C=O) groups is 1. The third-order valence-corrected chi connectivity index (χ3v) is 2.89. The third-order valence-electron chi connectivity index (χ3n) is 2.89. The number of hydrogen-bond acceptors (Lipinski definition) is 4. The number of hydrogen-bond donors (Lipinski definition) is 2. The number of alkyl halides is 9. The van der Waals surface area contributed by atoms with E-state index in [-0.39, 0.29) is 0 Å². The zero-order valence-electron chi connectivity index (χ0n) is 11.4. The molecule has 1 atom stereocenters. The molecule has 0 bridgehead atoms. The fourth-order valence-electron chi connectivity index (χ4n) is 1.68. The van der Waals surface area contributed by atoms with Crippen molar-refractivity contribution in [2.75, 3.05) is 0 Å². The van der Waals surface area contributed by atoms with Crippen LogP contribution in [-0.4, -0.2) is 29.7 Å². The van der Waals surface area contributed by atoms with E-state index in [1.807, 2.05) is 0 Å². The lowest BCUT2D eigenvalue weighted by molar-refractivity contribution is -0.991. The molecule has 5 nitrogen and oxygen atoms in total. The van der Waals surface area contributed by atoms with Crippen molar-refractivity contribution in [3.8, 4) is 5.75 Å². The van der Waals surface area contributed by atoms with Gasteiger partial charge in [-0.2, -0.15) is 44.7 Å². The molecule has 0 spiro atoms. The van der Waals surface area contributed by atoms with E-state index in [9.17, 15) is 49.5 Å². The Labute approximate surface area is 131 Å². The number of carbonyl (C=O) groups excluding carboxylic acids is 1. The molecule has 1 rings (SSSR count). The molecule has 0 heterocycles. The maximum atomic E-state index is 12.7. The fourth-order valence-corrected chi connectivity index (χ4v) is 1.68. The molecule has 14 heteroatoms. The minimum Gasteiger partial charge on any atom is -0.595 e. The normalized spacial score (nSPS) is 15.0. The average molecular weight is 387 g/mol. The van der Waals surface area contributed by atoms with Gasteiger partial charge >= 0.3 is 29.9 Å². The summed E-state index contributed by atoms with van der Waals surface area (Å²) in [6, 6.07) is 2.05. The van der Waals surface area contributed by atoms with Crippen LogP contribution >= 0.6 is 0 Å². The zero-order chi connectivity index (χ0) is 19.8. The van der Waals surface area contributed by atoms with E-state index in [1.165, 1.54) is 0 Å². The minimum absolute atomic E-state index is 0.426. The van der Waals surface area contributed by atoms with Crippen LogP contribution in [0, 0.1) is 10.6 Å². The second kappa shape index (κ2) is 6.34. The third kappa shape index (κ3) is 3.64. The van der Waals surface area contributed by atoms with Crippen LogP contribution in [0.5, 0.6) is 5.75 Å². The smallest absolute Gasteiger partial charge is 0.423 e. The Morgan fingerprint density at radius 3 is 1.52 bits per heavy atom. The van der Waals surface area contributed by atoms with Crippen LogP contribution in [-0.2, 0) is 4.79 Å². The van der Waals surface area contributed by atoms with Gasteiger partial charge in [-0.1, -0.05) is 0 Å². The van der Waals surface area contributed by atoms with E-state index in [0.717, 1.165) is 0 Å². The van der Waals surface area contributed by atoms with Gasteiger partial charge in [-0.15, -0.1) is 0 Å². The van der Waals surface area contributed by atoms with Crippen molar-refractivity contribution in [2.24, 2.45) is 5.41 Å². The molecule has 1 aromatic rings. The lowest BCUT2D eigenvalue weighted by Crippen LogP contribution is -2.99.